The minimum absolute atomic E-state index is 0. The highest BCUT2D eigenvalue weighted by Crippen LogP contribution is 2.25. The molecule has 1 aromatic heterocycles. The van der Waals surface area contributed by atoms with E-state index in [1.807, 2.05) is 6.07 Å². The molecule has 2 aliphatic rings. The molecule has 2 saturated heterocycles. The summed E-state index contributed by atoms with van der Waals surface area (Å²) in [5.41, 5.74) is 1.61. The maximum absolute atomic E-state index is 13.1. The number of benzene rings is 1. The van der Waals surface area contributed by atoms with Crippen LogP contribution in [0.15, 0.2) is 34.9 Å². The third-order valence-electron chi connectivity index (χ3n) is 5.65. The molecule has 0 amide bonds. The Kier molecular flexibility index (Phi) is 8.03. The van der Waals surface area contributed by atoms with Gasteiger partial charge in [-0.3, -0.25) is 0 Å². The Labute approximate surface area is 176 Å². The molecular weight excluding hydrogens is 397 g/mol. The first-order valence-electron chi connectivity index (χ1n) is 10.2. The first-order valence-corrected chi connectivity index (χ1v) is 10.2. The maximum atomic E-state index is 13.1. The van der Waals surface area contributed by atoms with E-state index in [0.717, 1.165) is 50.0 Å². The van der Waals surface area contributed by atoms with E-state index in [-0.39, 0.29) is 30.4 Å². The molecule has 2 aromatic rings. The van der Waals surface area contributed by atoms with Gasteiger partial charge >= 0.3 is 0 Å². The van der Waals surface area contributed by atoms with Crippen LogP contribution >= 0.6 is 12.4 Å². The summed E-state index contributed by atoms with van der Waals surface area (Å²) in [5.74, 6) is 0.344. The topological polar surface area (TPSA) is 79.6 Å². The van der Waals surface area contributed by atoms with Gasteiger partial charge in [-0.05, 0) is 63.0 Å². The molecule has 0 aliphatic carbocycles. The Morgan fingerprint density at radius 1 is 1.14 bits per heavy atom. The fourth-order valence-corrected chi connectivity index (χ4v) is 3.98. The van der Waals surface area contributed by atoms with Crippen LogP contribution in [-0.4, -0.2) is 54.3 Å². The second kappa shape index (κ2) is 10.5. The van der Waals surface area contributed by atoms with Crippen LogP contribution in [0.1, 0.15) is 31.4 Å². The summed E-state index contributed by atoms with van der Waals surface area (Å²) in [6, 6.07) is 8.53. The van der Waals surface area contributed by atoms with E-state index in [9.17, 15) is 9.50 Å². The Hall–Kier alpha value is -1.51. The Morgan fingerprint density at radius 2 is 1.90 bits per heavy atom. The van der Waals surface area contributed by atoms with Gasteiger partial charge in [0, 0.05) is 30.6 Å². The van der Waals surface area contributed by atoms with Gasteiger partial charge < -0.3 is 25.0 Å². The van der Waals surface area contributed by atoms with Crippen molar-refractivity contribution in [1.29, 1.82) is 0 Å². The van der Waals surface area contributed by atoms with Crippen molar-refractivity contribution in [1.82, 2.24) is 15.8 Å². The van der Waals surface area contributed by atoms with E-state index >= 15 is 0 Å². The highest BCUT2D eigenvalue weighted by molar-refractivity contribution is 5.85. The highest BCUT2D eigenvalue weighted by Gasteiger charge is 2.31. The number of aliphatic hydroxyl groups excluding tert-OH is 1. The molecule has 160 valence electrons. The molecule has 0 radical (unpaired) electrons. The molecule has 1 aromatic carbocycles. The summed E-state index contributed by atoms with van der Waals surface area (Å²) < 4.78 is 24.7. The summed E-state index contributed by atoms with van der Waals surface area (Å²) in [5, 5.41) is 21.4. The highest BCUT2D eigenvalue weighted by atomic mass is 35.5. The lowest BCUT2D eigenvalue weighted by molar-refractivity contribution is -0.115. The molecule has 2 aliphatic heterocycles. The van der Waals surface area contributed by atoms with Crippen molar-refractivity contribution in [3.05, 3.63) is 41.8 Å². The van der Waals surface area contributed by atoms with Crippen molar-refractivity contribution < 1.29 is 18.8 Å². The van der Waals surface area contributed by atoms with Crippen LogP contribution in [0.2, 0.25) is 0 Å². The van der Waals surface area contributed by atoms with Gasteiger partial charge in [-0.1, -0.05) is 5.16 Å². The van der Waals surface area contributed by atoms with Gasteiger partial charge in [0.25, 0.3) is 0 Å². The zero-order chi connectivity index (χ0) is 19.3. The summed E-state index contributed by atoms with van der Waals surface area (Å²) in [4.78, 5) is 0. The zero-order valence-corrected chi connectivity index (χ0v) is 17.2. The Morgan fingerprint density at radius 3 is 2.66 bits per heavy atom. The van der Waals surface area contributed by atoms with Crippen molar-refractivity contribution in [2.24, 2.45) is 0 Å². The van der Waals surface area contributed by atoms with E-state index < -0.39 is 6.10 Å². The molecule has 8 heteroatoms. The molecule has 6 nitrogen and oxygen atoms in total. The van der Waals surface area contributed by atoms with Gasteiger partial charge in [0.15, 0.2) is 5.76 Å². The number of aromatic nitrogens is 1. The summed E-state index contributed by atoms with van der Waals surface area (Å²) in [6.45, 7) is 2.75. The van der Waals surface area contributed by atoms with Crippen molar-refractivity contribution in [3.63, 3.8) is 0 Å². The molecule has 3 heterocycles. The number of ether oxygens (including phenoxy) is 1. The second-order valence-corrected chi connectivity index (χ2v) is 7.77. The summed E-state index contributed by atoms with van der Waals surface area (Å²) in [7, 11) is 0. The second-order valence-electron chi connectivity index (χ2n) is 7.77. The van der Waals surface area contributed by atoms with E-state index in [1.165, 1.54) is 12.1 Å². The molecule has 3 atom stereocenters. The average Bonchev–Trinajstić information content (AvgIpc) is 3.18. The number of piperidine rings is 1. The van der Waals surface area contributed by atoms with Crippen LogP contribution in [-0.2, 0) is 11.2 Å². The molecule has 4 rings (SSSR count). The van der Waals surface area contributed by atoms with Crippen molar-refractivity contribution in [2.45, 2.75) is 56.5 Å². The smallest absolute Gasteiger partial charge is 0.167 e. The van der Waals surface area contributed by atoms with Crippen LogP contribution in [0, 0.1) is 5.82 Å². The quantitative estimate of drug-likeness (QED) is 0.660. The van der Waals surface area contributed by atoms with Gasteiger partial charge in [-0.15, -0.1) is 12.4 Å². The monoisotopic (exact) mass is 425 g/mol. The number of rotatable bonds is 6. The summed E-state index contributed by atoms with van der Waals surface area (Å²) >= 11 is 0. The van der Waals surface area contributed by atoms with Gasteiger partial charge in [-0.25, -0.2) is 4.39 Å². The van der Waals surface area contributed by atoms with Crippen LogP contribution in [0.5, 0.6) is 0 Å². The molecule has 29 heavy (non-hydrogen) atoms. The molecule has 2 fully saturated rings. The fraction of sp³-hybridized carbons (Fsp3) is 0.571. The number of hydrogen-bond acceptors (Lipinski definition) is 6. The van der Waals surface area contributed by atoms with Crippen molar-refractivity contribution in [3.8, 4) is 11.3 Å². The number of halogens is 2. The van der Waals surface area contributed by atoms with Gasteiger partial charge in [-0.2, -0.15) is 0 Å². The molecule has 0 saturated carbocycles. The normalized spacial score (nSPS) is 25.5. The van der Waals surface area contributed by atoms with Gasteiger partial charge in [0.2, 0.25) is 0 Å². The van der Waals surface area contributed by atoms with Gasteiger partial charge in [0.05, 0.1) is 24.0 Å². The SMILES string of the molecule is Cl.O[C@H]1CC[C@@H](Cc2cc(-c3ccc(F)cc3)on2)O[C@@H]1CNC1CCNCC1. The van der Waals surface area contributed by atoms with Crippen LogP contribution in [0.4, 0.5) is 4.39 Å². The molecule has 0 unspecified atom stereocenters. The zero-order valence-electron chi connectivity index (χ0n) is 16.4. The molecular formula is C21H29ClFN3O3. The molecule has 3 N–H and O–H groups in total. The van der Waals surface area contributed by atoms with E-state index in [4.69, 9.17) is 9.26 Å². The largest absolute Gasteiger partial charge is 0.390 e. The van der Waals surface area contributed by atoms with Crippen molar-refractivity contribution in [2.75, 3.05) is 19.6 Å². The number of nitrogens with one attached hydrogen (secondary N) is 2. The molecule has 0 spiro atoms. The lowest BCUT2D eigenvalue weighted by atomic mass is 9.97. The minimum Gasteiger partial charge on any atom is -0.390 e. The summed E-state index contributed by atoms with van der Waals surface area (Å²) in [6.07, 6.45) is 3.76. The van der Waals surface area contributed by atoms with E-state index in [2.05, 4.69) is 15.8 Å². The predicted octanol–water partition coefficient (Wildman–Crippen LogP) is 2.70. The van der Waals surface area contributed by atoms with Crippen LogP contribution in [0.3, 0.4) is 0 Å². The van der Waals surface area contributed by atoms with Crippen LogP contribution in [0.25, 0.3) is 11.3 Å². The lowest BCUT2D eigenvalue weighted by Gasteiger charge is -2.35. The van der Waals surface area contributed by atoms with Gasteiger partial charge in [0.1, 0.15) is 5.82 Å². The Bertz CT molecular complexity index is 752. The first-order chi connectivity index (χ1) is 13.7. The average molecular weight is 426 g/mol. The maximum Gasteiger partial charge on any atom is 0.167 e. The minimum atomic E-state index is -0.433. The fourth-order valence-electron chi connectivity index (χ4n) is 3.98. The predicted molar refractivity (Wildman–Crippen MR) is 111 cm³/mol. The van der Waals surface area contributed by atoms with Crippen molar-refractivity contribution >= 4 is 12.4 Å². The molecule has 0 bridgehead atoms. The van der Waals surface area contributed by atoms with E-state index in [0.29, 0.717) is 24.8 Å². The third-order valence-corrected chi connectivity index (χ3v) is 5.65. The lowest BCUT2D eigenvalue weighted by Crippen LogP contribution is -2.49. The Balaban J connectivity index is 0.00000240. The first kappa shape index (κ1) is 22.2. The number of nitrogens with zero attached hydrogens (tertiary/aromatic N) is 1. The van der Waals surface area contributed by atoms with Crippen LogP contribution < -0.4 is 10.6 Å². The van der Waals surface area contributed by atoms with E-state index in [1.54, 1.807) is 12.1 Å². The standard InChI is InChI=1S/C21H28FN3O3.ClH/c22-15-3-1-14(2-4-15)20-12-17(25-28-20)11-18-5-6-19(26)21(27-18)13-24-16-7-9-23-10-8-16;/h1-4,12,16,18-19,21,23-24,26H,5-11,13H2;1H/t18-,19-,21+;/m0./s1. The number of aliphatic hydroxyl groups is 1. The third kappa shape index (κ3) is 5.99. The number of hydrogen-bond donors (Lipinski definition) is 3.